The van der Waals surface area contributed by atoms with Gasteiger partial charge < -0.3 is 11.1 Å². The van der Waals surface area contributed by atoms with Crippen molar-refractivity contribution in [2.75, 3.05) is 11.9 Å². The van der Waals surface area contributed by atoms with Gasteiger partial charge in [0.2, 0.25) is 5.91 Å². The van der Waals surface area contributed by atoms with Crippen LogP contribution in [-0.2, 0) is 5.41 Å². The van der Waals surface area contributed by atoms with Crippen LogP contribution in [0.15, 0.2) is 60.8 Å². The van der Waals surface area contributed by atoms with Crippen LogP contribution in [0.25, 0.3) is 11.3 Å². The first-order chi connectivity index (χ1) is 13.2. The normalized spacial score (nSPS) is 15.0. The fourth-order valence-corrected chi connectivity index (χ4v) is 3.48. The molecule has 1 fully saturated rings. The Kier molecular flexibility index (Phi) is 4.54. The first kappa shape index (κ1) is 17.1. The first-order valence-electron chi connectivity index (χ1n) is 9.06. The summed E-state index contributed by atoms with van der Waals surface area (Å²) in [5.41, 5.74) is 8.53. The molecule has 0 aliphatic heterocycles. The van der Waals surface area contributed by atoms with E-state index in [1.807, 2.05) is 36.5 Å². The van der Waals surface area contributed by atoms with Gasteiger partial charge in [-0.1, -0.05) is 24.6 Å². The predicted molar refractivity (Wildman–Crippen MR) is 104 cm³/mol. The Hall–Kier alpha value is -3.28. The van der Waals surface area contributed by atoms with Crippen LogP contribution >= 0.6 is 0 Å². The Bertz CT molecular complexity index is 936. The van der Waals surface area contributed by atoms with E-state index < -0.39 is 5.91 Å². The van der Waals surface area contributed by atoms with Crippen LogP contribution in [0.1, 0.15) is 35.3 Å². The molecule has 3 N–H and O–H groups in total. The van der Waals surface area contributed by atoms with Gasteiger partial charge in [0, 0.05) is 35.0 Å². The topological polar surface area (TPSA) is 93.8 Å². The summed E-state index contributed by atoms with van der Waals surface area (Å²) in [7, 11) is 0. The summed E-state index contributed by atoms with van der Waals surface area (Å²) in [6, 6.07) is 17.0. The van der Waals surface area contributed by atoms with Gasteiger partial charge in [0.25, 0.3) is 0 Å². The van der Waals surface area contributed by atoms with Gasteiger partial charge in [0.05, 0.1) is 5.69 Å². The van der Waals surface area contributed by atoms with Crippen molar-refractivity contribution in [2.24, 2.45) is 5.73 Å². The average molecular weight is 359 g/mol. The van der Waals surface area contributed by atoms with Gasteiger partial charge in [-0.2, -0.15) is 0 Å². The number of aromatic nitrogens is 3. The molecule has 6 nitrogen and oxygen atoms in total. The molecule has 136 valence electrons. The largest absolute Gasteiger partial charge is 0.368 e. The number of carbonyl (C=O) groups is 1. The summed E-state index contributed by atoms with van der Waals surface area (Å²) in [6.45, 7) is 0.787. The third kappa shape index (κ3) is 3.51. The highest BCUT2D eigenvalue weighted by atomic mass is 16.1. The van der Waals surface area contributed by atoms with Crippen molar-refractivity contribution < 1.29 is 4.79 Å². The van der Waals surface area contributed by atoms with Crippen molar-refractivity contribution in [3.63, 3.8) is 0 Å². The summed E-state index contributed by atoms with van der Waals surface area (Å²) in [6.07, 6.45) is 5.33. The highest BCUT2D eigenvalue weighted by molar-refractivity contribution is 5.93. The zero-order chi connectivity index (χ0) is 18.7. The lowest BCUT2D eigenvalue weighted by molar-refractivity contribution is 0.100. The molecule has 0 atom stereocenters. The maximum absolute atomic E-state index is 11.3. The SMILES string of the molecule is NC(=O)c1cccc(-c2ccc(NCC3(c4ccccn4)CCC3)nn2)c1. The van der Waals surface area contributed by atoms with Crippen molar-refractivity contribution in [1.82, 2.24) is 15.2 Å². The Morgan fingerprint density at radius 1 is 1.07 bits per heavy atom. The molecule has 6 heteroatoms. The fraction of sp³-hybridized carbons (Fsp3) is 0.238. The predicted octanol–water partition coefficient (Wildman–Crippen LogP) is 3.17. The number of amides is 1. The number of nitrogens with two attached hydrogens (primary N) is 1. The molecule has 0 radical (unpaired) electrons. The molecule has 1 aromatic carbocycles. The maximum atomic E-state index is 11.3. The zero-order valence-corrected chi connectivity index (χ0v) is 14.9. The summed E-state index contributed by atoms with van der Waals surface area (Å²) in [5, 5.41) is 12.0. The number of benzene rings is 1. The van der Waals surface area contributed by atoms with E-state index in [0.29, 0.717) is 11.3 Å². The molecule has 1 aliphatic carbocycles. The first-order valence-corrected chi connectivity index (χ1v) is 9.06. The van der Waals surface area contributed by atoms with Crippen molar-refractivity contribution in [1.29, 1.82) is 0 Å². The number of rotatable bonds is 6. The molecule has 0 saturated heterocycles. The molecule has 0 unspecified atom stereocenters. The number of hydrogen-bond acceptors (Lipinski definition) is 5. The second-order valence-corrected chi connectivity index (χ2v) is 6.95. The Morgan fingerprint density at radius 3 is 2.59 bits per heavy atom. The molecule has 3 aromatic rings. The Labute approximate surface area is 157 Å². The highest BCUT2D eigenvalue weighted by Crippen LogP contribution is 2.42. The van der Waals surface area contributed by atoms with Crippen molar-refractivity contribution in [3.8, 4) is 11.3 Å². The Balaban J connectivity index is 1.47. The summed E-state index contributed by atoms with van der Waals surface area (Å²) < 4.78 is 0. The van der Waals surface area contributed by atoms with Crippen LogP contribution in [0.2, 0.25) is 0 Å². The van der Waals surface area contributed by atoms with Gasteiger partial charge in [0.15, 0.2) is 0 Å². The average Bonchev–Trinajstić information content (AvgIpc) is 2.68. The van der Waals surface area contributed by atoms with Crippen LogP contribution in [0.5, 0.6) is 0 Å². The fourth-order valence-electron chi connectivity index (χ4n) is 3.48. The van der Waals surface area contributed by atoms with Crippen molar-refractivity contribution in [3.05, 3.63) is 72.1 Å². The molecule has 0 bridgehead atoms. The number of hydrogen-bond donors (Lipinski definition) is 2. The van der Waals surface area contributed by atoms with Gasteiger partial charge in [-0.25, -0.2) is 0 Å². The maximum Gasteiger partial charge on any atom is 0.248 e. The second kappa shape index (κ2) is 7.15. The molecular weight excluding hydrogens is 338 g/mol. The number of nitrogens with one attached hydrogen (secondary N) is 1. The highest BCUT2D eigenvalue weighted by Gasteiger charge is 2.39. The summed E-state index contributed by atoms with van der Waals surface area (Å²) in [4.78, 5) is 15.9. The van der Waals surface area contributed by atoms with E-state index in [9.17, 15) is 4.79 Å². The van der Waals surface area contributed by atoms with Crippen LogP contribution in [-0.4, -0.2) is 27.6 Å². The lowest BCUT2D eigenvalue weighted by Crippen LogP contribution is -2.41. The van der Waals surface area contributed by atoms with Gasteiger partial charge in [-0.05, 0) is 49.2 Å². The molecule has 2 aromatic heterocycles. The van der Waals surface area contributed by atoms with Gasteiger partial charge in [-0.15, -0.1) is 10.2 Å². The van der Waals surface area contributed by atoms with Crippen molar-refractivity contribution in [2.45, 2.75) is 24.7 Å². The van der Waals surface area contributed by atoms with E-state index in [2.05, 4.69) is 26.6 Å². The molecule has 1 amide bonds. The van der Waals surface area contributed by atoms with E-state index >= 15 is 0 Å². The van der Waals surface area contributed by atoms with E-state index in [-0.39, 0.29) is 5.41 Å². The minimum absolute atomic E-state index is 0.0808. The monoisotopic (exact) mass is 359 g/mol. The Morgan fingerprint density at radius 2 is 1.96 bits per heavy atom. The van der Waals surface area contributed by atoms with Gasteiger partial charge in [0.1, 0.15) is 5.82 Å². The van der Waals surface area contributed by atoms with E-state index in [0.717, 1.165) is 36.5 Å². The number of primary amides is 1. The van der Waals surface area contributed by atoms with Crippen molar-refractivity contribution >= 4 is 11.7 Å². The van der Waals surface area contributed by atoms with Crippen LogP contribution in [0.4, 0.5) is 5.82 Å². The molecule has 1 aliphatic rings. The van der Waals surface area contributed by atoms with Crippen LogP contribution < -0.4 is 11.1 Å². The smallest absolute Gasteiger partial charge is 0.248 e. The van der Waals surface area contributed by atoms with E-state index in [1.54, 1.807) is 18.2 Å². The quantitative estimate of drug-likeness (QED) is 0.705. The molecule has 4 rings (SSSR count). The van der Waals surface area contributed by atoms with E-state index in [4.69, 9.17) is 5.73 Å². The lowest BCUT2D eigenvalue weighted by Gasteiger charge is -2.41. The number of carbonyl (C=O) groups excluding carboxylic acids is 1. The third-order valence-electron chi connectivity index (χ3n) is 5.23. The summed E-state index contributed by atoms with van der Waals surface area (Å²) in [5.74, 6) is 0.274. The zero-order valence-electron chi connectivity index (χ0n) is 14.9. The second-order valence-electron chi connectivity index (χ2n) is 6.95. The van der Waals surface area contributed by atoms with Crippen LogP contribution in [0.3, 0.4) is 0 Å². The van der Waals surface area contributed by atoms with Gasteiger partial charge >= 0.3 is 0 Å². The molecule has 0 spiro atoms. The number of nitrogens with zero attached hydrogens (tertiary/aromatic N) is 3. The molecule has 2 heterocycles. The third-order valence-corrected chi connectivity index (χ3v) is 5.23. The minimum Gasteiger partial charge on any atom is -0.368 e. The molecule has 27 heavy (non-hydrogen) atoms. The molecular formula is C21H21N5O. The minimum atomic E-state index is -0.455. The molecule has 1 saturated carbocycles. The summed E-state index contributed by atoms with van der Waals surface area (Å²) >= 11 is 0. The number of anilines is 1. The van der Waals surface area contributed by atoms with Gasteiger partial charge in [-0.3, -0.25) is 9.78 Å². The standard InChI is InChI=1S/C21H21N5O/c22-20(27)16-6-3-5-15(13-16)17-8-9-19(26-25-17)24-14-21(10-4-11-21)18-7-1-2-12-23-18/h1-3,5-9,12-13H,4,10-11,14H2,(H2,22,27)(H,24,26). The number of pyridine rings is 1. The van der Waals surface area contributed by atoms with E-state index in [1.165, 1.54) is 6.42 Å². The van der Waals surface area contributed by atoms with Crippen LogP contribution in [0, 0.1) is 0 Å². The lowest BCUT2D eigenvalue weighted by atomic mass is 9.66.